The van der Waals surface area contributed by atoms with Gasteiger partial charge in [0.15, 0.2) is 6.61 Å². The van der Waals surface area contributed by atoms with Crippen molar-refractivity contribution in [3.05, 3.63) is 33.9 Å². The summed E-state index contributed by atoms with van der Waals surface area (Å²) < 4.78 is 45.7. The van der Waals surface area contributed by atoms with Gasteiger partial charge in [-0.05, 0) is 12.1 Å². The third-order valence-corrected chi connectivity index (χ3v) is 3.03. The van der Waals surface area contributed by atoms with Gasteiger partial charge in [-0.25, -0.2) is 4.79 Å². The first-order chi connectivity index (χ1) is 12.0. The lowest BCUT2D eigenvalue weighted by Crippen LogP contribution is -2.41. The van der Waals surface area contributed by atoms with E-state index in [4.69, 9.17) is 9.84 Å². The molecule has 0 spiro atoms. The predicted octanol–water partition coefficient (Wildman–Crippen LogP) is 1.76. The number of halogens is 3. The lowest BCUT2D eigenvalue weighted by atomic mass is 10.1. The van der Waals surface area contributed by atoms with Gasteiger partial charge < -0.3 is 19.9 Å². The maximum Gasteiger partial charge on any atom is 0.422 e. The van der Waals surface area contributed by atoms with Crippen LogP contribution in [0.3, 0.4) is 0 Å². The van der Waals surface area contributed by atoms with Crippen molar-refractivity contribution in [1.29, 1.82) is 0 Å². The monoisotopic (exact) mass is 380 g/mol. The van der Waals surface area contributed by atoms with Gasteiger partial charge in [-0.2, -0.15) is 13.2 Å². The zero-order valence-corrected chi connectivity index (χ0v) is 13.4. The number of ether oxygens (including phenoxy) is 2. The van der Waals surface area contributed by atoms with Gasteiger partial charge in [-0.3, -0.25) is 14.9 Å². The molecule has 1 atom stereocenters. The quantitative estimate of drug-likeness (QED) is 0.493. The van der Waals surface area contributed by atoms with E-state index in [0.717, 1.165) is 18.2 Å². The van der Waals surface area contributed by atoms with Crippen LogP contribution in [0, 0.1) is 10.1 Å². The van der Waals surface area contributed by atoms with Gasteiger partial charge in [-0.1, -0.05) is 0 Å². The Hall–Kier alpha value is -2.89. The summed E-state index contributed by atoms with van der Waals surface area (Å²) in [5.74, 6) is -2.97. The second-order valence-corrected chi connectivity index (χ2v) is 4.99. The molecule has 0 bridgehead atoms. The number of carboxylic acids is 1. The Morgan fingerprint density at radius 3 is 2.54 bits per heavy atom. The van der Waals surface area contributed by atoms with Crippen LogP contribution in [0.25, 0.3) is 0 Å². The summed E-state index contributed by atoms with van der Waals surface area (Å²) >= 11 is 0. The number of rotatable bonds is 9. The van der Waals surface area contributed by atoms with E-state index in [0.29, 0.717) is 0 Å². The lowest BCUT2D eigenvalue weighted by Gasteiger charge is -2.15. The van der Waals surface area contributed by atoms with Crippen molar-refractivity contribution in [2.24, 2.45) is 0 Å². The maximum absolute atomic E-state index is 12.2. The SMILES string of the molecule is COCCC(NC(=O)c1cc(OCC(F)(F)F)ccc1[N+](=O)[O-])C(=O)O. The number of carbonyl (C=O) groups is 2. The molecular formula is C14H15F3N2O7. The van der Waals surface area contributed by atoms with Crippen molar-refractivity contribution >= 4 is 17.6 Å². The van der Waals surface area contributed by atoms with Crippen LogP contribution in [-0.2, 0) is 9.53 Å². The summed E-state index contributed by atoms with van der Waals surface area (Å²) in [6, 6.07) is 1.04. The molecule has 1 aromatic carbocycles. The van der Waals surface area contributed by atoms with Crippen LogP contribution in [-0.4, -0.2) is 54.4 Å². The zero-order chi connectivity index (χ0) is 19.9. The molecule has 0 aromatic heterocycles. The summed E-state index contributed by atoms with van der Waals surface area (Å²) in [5, 5.41) is 22.1. The summed E-state index contributed by atoms with van der Waals surface area (Å²) in [4.78, 5) is 33.4. The zero-order valence-electron chi connectivity index (χ0n) is 13.4. The lowest BCUT2D eigenvalue weighted by molar-refractivity contribution is -0.385. The summed E-state index contributed by atoms with van der Waals surface area (Å²) in [6.07, 6.45) is -4.76. The average Bonchev–Trinajstić information content (AvgIpc) is 2.55. The van der Waals surface area contributed by atoms with Crippen LogP contribution >= 0.6 is 0 Å². The number of nitrogens with zero attached hydrogens (tertiary/aromatic N) is 1. The molecule has 144 valence electrons. The molecule has 2 N–H and O–H groups in total. The Morgan fingerprint density at radius 2 is 2.04 bits per heavy atom. The van der Waals surface area contributed by atoms with Gasteiger partial charge >= 0.3 is 12.1 Å². The summed E-state index contributed by atoms with van der Waals surface area (Å²) in [5.41, 5.74) is -1.34. The first-order valence-electron chi connectivity index (χ1n) is 7.05. The number of hydrogen-bond donors (Lipinski definition) is 2. The molecule has 0 saturated heterocycles. The number of carboxylic acid groups (broad SMARTS) is 1. The van der Waals surface area contributed by atoms with E-state index >= 15 is 0 Å². The van der Waals surface area contributed by atoms with Crippen LogP contribution in [0.1, 0.15) is 16.8 Å². The number of nitrogens with one attached hydrogen (secondary N) is 1. The molecule has 0 radical (unpaired) electrons. The maximum atomic E-state index is 12.2. The molecule has 0 aliphatic heterocycles. The highest BCUT2D eigenvalue weighted by atomic mass is 19.4. The molecule has 0 fully saturated rings. The number of nitro benzene ring substituents is 1. The molecule has 0 aliphatic rings. The van der Waals surface area contributed by atoms with E-state index in [1.807, 2.05) is 0 Å². The van der Waals surface area contributed by atoms with Crippen LogP contribution in [0.5, 0.6) is 5.75 Å². The van der Waals surface area contributed by atoms with Gasteiger partial charge in [-0.15, -0.1) is 0 Å². The molecule has 0 heterocycles. The van der Waals surface area contributed by atoms with E-state index in [1.54, 1.807) is 0 Å². The van der Waals surface area contributed by atoms with E-state index in [2.05, 4.69) is 10.1 Å². The molecular weight excluding hydrogens is 365 g/mol. The number of benzene rings is 1. The first kappa shape index (κ1) is 21.2. The largest absolute Gasteiger partial charge is 0.484 e. The van der Waals surface area contributed by atoms with E-state index < -0.39 is 52.6 Å². The van der Waals surface area contributed by atoms with Crippen molar-refractivity contribution in [2.75, 3.05) is 20.3 Å². The van der Waals surface area contributed by atoms with Gasteiger partial charge in [0, 0.05) is 26.2 Å². The third kappa shape index (κ3) is 6.55. The first-order valence-corrected chi connectivity index (χ1v) is 7.05. The molecule has 1 aromatic rings. The van der Waals surface area contributed by atoms with Crippen molar-refractivity contribution in [1.82, 2.24) is 5.32 Å². The Bertz CT molecular complexity index is 679. The van der Waals surface area contributed by atoms with E-state index in [9.17, 15) is 32.9 Å². The van der Waals surface area contributed by atoms with Gasteiger partial charge in [0.2, 0.25) is 0 Å². The van der Waals surface area contributed by atoms with Crippen LogP contribution in [0.4, 0.5) is 18.9 Å². The standard InChI is InChI=1S/C14H15F3N2O7/c1-25-5-4-10(13(21)22)18-12(20)9-6-8(26-7-14(15,16)17)2-3-11(9)19(23)24/h2-3,6,10H,4-5,7H2,1H3,(H,18,20)(H,21,22). The predicted molar refractivity (Wildman–Crippen MR) is 80.0 cm³/mol. The average molecular weight is 380 g/mol. The van der Waals surface area contributed by atoms with Crippen LogP contribution in [0.2, 0.25) is 0 Å². The van der Waals surface area contributed by atoms with Crippen molar-refractivity contribution in [3.63, 3.8) is 0 Å². The van der Waals surface area contributed by atoms with E-state index in [1.165, 1.54) is 7.11 Å². The minimum absolute atomic E-state index is 0.00588. The third-order valence-electron chi connectivity index (χ3n) is 3.03. The highest BCUT2D eigenvalue weighted by Gasteiger charge is 2.30. The van der Waals surface area contributed by atoms with Crippen LogP contribution in [0.15, 0.2) is 18.2 Å². The smallest absolute Gasteiger partial charge is 0.422 e. The number of carbonyl (C=O) groups excluding carboxylic acids is 1. The molecule has 1 amide bonds. The number of aliphatic carboxylic acids is 1. The second kappa shape index (κ2) is 8.99. The van der Waals surface area contributed by atoms with Crippen molar-refractivity contribution in [3.8, 4) is 5.75 Å². The normalized spacial score (nSPS) is 12.3. The Morgan fingerprint density at radius 1 is 1.38 bits per heavy atom. The number of amides is 1. The molecule has 1 unspecified atom stereocenters. The van der Waals surface area contributed by atoms with Crippen molar-refractivity contribution in [2.45, 2.75) is 18.6 Å². The number of alkyl halides is 3. The van der Waals surface area contributed by atoms with Gasteiger partial charge in [0.1, 0.15) is 17.4 Å². The fraction of sp³-hybridized carbons (Fsp3) is 0.429. The van der Waals surface area contributed by atoms with E-state index in [-0.39, 0.29) is 13.0 Å². The summed E-state index contributed by atoms with van der Waals surface area (Å²) in [7, 11) is 1.31. The Kier molecular flexibility index (Phi) is 7.31. The van der Waals surface area contributed by atoms with Gasteiger partial charge in [0.05, 0.1) is 4.92 Å². The molecule has 0 saturated carbocycles. The van der Waals surface area contributed by atoms with Crippen LogP contribution < -0.4 is 10.1 Å². The summed E-state index contributed by atoms with van der Waals surface area (Å²) in [6.45, 7) is -1.66. The molecule has 9 nitrogen and oxygen atoms in total. The molecule has 1 rings (SSSR count). The minimum atomic E-state index is -4.64. The Balaban J connectivity index is 3.07. The number of methoxy groups -OCH3 is 1. The number of hydrogen-bond acceptors (Lipinski definition) is 6. The Labute approximate surface area is 144 Å². The minimum Gasteiger partial charge on any atom is -0.484 e. The molecule has 0 aliphatic carbocycles. The number of nitro groups is 1. The fourth-order valence-electron chi connectivity index (χ4n) is 1.84. The van der Waals surface area contributed by atoms with Crippen molar-refractivity contribution < 1.29 is 42.3 Å². The highest BCUT2D eigenvalue weighted by molar-refractivity contribution is 6.00. The van der Waals surface area contributed by atoms with Gasteiger partial charge in [0.25, 0.3) is 11.6 Å². The molecule has 12 heteroatoms. The fourth-order valence-corrected chi connectivity index (χ4v) is 1.84. The molecule has 26 heavy (non-hydrogen) atoms. The highest BCUT2D eigenvalue weighted by Crippen LogP contribution is 2.26. The second-order valence-electron chi connectivity index (χ2n) is 4.99. The topological polar surface area (TPSA) is 128 Å².